The van der Waals surface area contributed by atoms with E-state index < -0.39 is 23.2 Å². The first kappa shape index (κ1) is 23.8. The van der Waals surface area contributed by atoms with Crippen molar-refractivity contribution in [2.24, 2.45) is 7.05 Å². The molecule has 0 aliphatic heterocycles. The molecule has 12 heteroatoms. The van der Waals surface area contributed by atoms with Gasteiger partial charge in [0, 0.05) is 13.6 Å². The average molecular weight is 429 g/mol. The first-order chi connectivity index (χ1) is 13.7. The molecular formula is C17H21ClN4O7. The van der Waals surface area contributed by atoms with E-state index in [9.17, 15) is 19.2 Å². The summed E-state index contributed by atoms with van der Waals surface area (Å²) >= 11 is 5.29. The van der Waals surface area contributed by atoms with Gasteiger partial charge in [-0.25, -0.2) is 14.4 Å². The molecule has 2 aromatic heterocycles. The lowest BCUT2D eigenvalue weighted by molar-refractivity contribution is 0.0510. The molecule has 0 aliphatic rings. The maximum atomic E-state index is 11.4. The van der Waals surface area contributed by atoms with Crippen LogP contribution >= 0.6 is 11.6 Å². The average Bonchev–Trinajstić information content (AvgIpc) is 3.26. The predicted molar refractivity (Wildman–Crippen MR) is 100 cm³/mol. The molecule has 0 fully saturated rings. The fraction of sp³-hybridized carbons (Fsp3) is 0.412. The van der Waals surface area contributed by atoms with Gasteiger partial charge in [0.15, 0.2) is 5.69 Å². The monoisotopic (exact) mass is 428 g/mol. The van der Waals surface area contributed by atoms with Crippen LogP contribution in [-0.2, 0) is 23.1 Å². The number of carbonyl (C=O) groups is 4. The summed E-state index contributed by atoms with van der Waals surface area (Å²) in [5.74, 6) is -2.43. The van der Waals surface area contributed by atoms with E-state index in [1.807, 2.05) is 0 Å². The van der Waals surface area contributed by atoms with E-state index in [2.05, 4.69) is 10.2 Å². The Kier molecular flexibility index (Phi) is 9.00. The number of hydrogen-bond donors (Lipinski definition) is 1. The maximum Gasteiger partial charge on any atom is 0.355 e. The number of carboxylic acid groups (broad SMARTS) is 1. The van der Waals surface area contributed by atoms with Gasteiger partial charge < -0.3 is 14.6 Å². The van der Waals surface area contributed by atoms with Crippen molar-refractivity contribution >= 4 is 34.8 Å². The smallest absolute Gasteiger partial charge is 0.355 e. The third kappa shape index (κ3) is 5.88. The molecule has 0 amide bonds. The third-order valence-corrected chi connectivity index (χ3v) is 3.64. The van der Waals surface area contributed by atoms with Crippen molar-refractivity contribution in [1.82, 2.24) is 19.6 Å². The molecule has 2 rings (SSSR count). The molecule has 0 radical (unpaired) electrons. The van der Waals surface area contributed by atoms with E-state index in [1.54, 1.807) is 20.8 Å². The van der Waals surface area contributed by atoms with Gasteiger partial charge in [-0.1, -0.05) is 0 Å². The summed E-state index contributed by atoms with van der Waals surface area (Å²) in [5, 5.41) is 15.7. The van der Waals surface area contributed by atoms with Crippen molar-refractivity contribution in [3.63, 3.8) is 0 Å². The van der Waals surface area contributed by atoms with Gasteiger partial charge in [0.1, 0.15) is 16.8 Å². The van der Waals surface area contributed by atoms with E-state index in [-0.39, 0.29) is 35.7 Å². The predicted octanol–water partition coefficient (Wildman–Crippen LogP) is 1.75. The summed E-state index contributed by atoms with van der Waals surface area (Å²) in [7, 11) is 1.53. The van der Waals surface area contributed by atoms with Gasteiger partial charge in [-0.2, -0.15) is 10.2 Å². The minimum Gasteiger partial charge on any atom is -0.476 e. The Morgan fingerprint density at radius 2 is 1.45 bits per heavy atom. The molecule has 0 bridgehead atoms. The molecule has 0 saturated carbocycles. The second-order valence-corrected chi connectivity index (χ2v) is 5.62. The summed E-state index contributed by atoms with van der Waals surface area (Å²) in [4.78, 5) is 44.5. The number of aromatic nitrogens is 4. The quantitative estimate of drug-likeness (QED) is 0.515. The zero-order valence-corrected chi connectivity index (χ0v) is 17.1. The Labute approximate surface area is 171 Å². The van der Waals surface area contributed by atoms with Crippen molar-refractivity contribution in [2.45, 2.75) is 27.3 Å². The lowest BCUT2D eigenvalue weighted by atomic mass is 10.2. The Morgan fingerprint density at radius 1 is 0.966 bits per heavy atom. The molecule has 11 nitrogen and oxygen atoms in total. The van der Waals surface area contributed by atoms with Crippen LogP contribution in [0.15, 0.2) is 12.4 Å². The number of halogens is 1. The highest BCUT2D eigenvalue weighted by molar-refractivity contribution is 6.68. The van der Waals surface area contributed by atoms with Crippen molar-refractivity contribution in [2.75, 3.05) is 13.2 Å². The van der Waals surface area contributed by atoms with Gasteiger partial charge in [0.25, 0.3) is 5.24 Å². The molecule has 0 aliphatic carbocycles. The fourth-order valence-corrected chi connectivity index (χ4v) is 2.46. The Bertz CT molecular complexity index is 904. The van der Waals surface area contributed by atoms with E-state index in [4.69, 9.17) is 26.2 Å². The van der Waals surface area contributed by atoms with Gasteiger partial charge in [-0.05, 0) is 32.4 Å². The molecule has 158 valence electrons. The fourth-order valence-electron chi connectivity index (χ4n) is 2.24. The van der Waals surface area contributed by atoms with Crippen LogP contribution in [0.1, 0.15) is 62.5 Å². The van der Waals surface area contributed by atoms with Crippen molar-refractivity contribution in [3.8, 4) is 0 Å². The van der Waals surface area contributed by atoms with Crippen molar-refractivity contribution < 1.29 is 33.8 Å². The minimum absolute atomic E-state index is 0.00815. The Morgan fingerprint density at radius 3 is 1.86 bits per heavy atom. The largest absolute Gasteiger partial charge is 0.476 e. The first-order valence-corrected chi connectivity index (χ1v) is 8.92. The number of esters is 2. The summed E-state index contributed by atoms with van der Waals surface area (Å²) < 4.78 is 11.9. The van der Waals surface area contributed by atoms with Crippen LogP contribution in [0.5, 0.6) is 0 Å². The van der Waals surface area contributed by atoms with Gasteiger partial charge >= 0.3 is 17.9 Å². The van der Waals surface area contributed by atoms with Crippen LogP contribution in [0.2, 0.25) is 0 Å². The van der Waals surface area contributed by atoms with Gasteiger partial charge in [-0.3, -0.25) is 14.2 Å². The lowest BCUT2D eigenvalue weighted by Crippen LogP contribution is -2.14. The molecule has 2 heterocycles. The molecule has 0 aromatic carbocycles. The molecule has 0 spiro atoms. The normalized spacial score (nSPS) is 9.97. The zero-order valence-electron chi connectivity index (χ0n) is 16.3. The summed E-state index contributed by atoms with van der Waals surface area (Å²) in [5.41, 5.74) is 0.00150. The second-order valence-electron chi connectivity index (χ2n) is 5.27. The van der Waals surface area contributed by atoms with E-state index in [1.165, 1.54) is 28.8 Å². The Balaban J connectivity index is 0.000000291. The number of aromatic carboxylic acids is 1. The topological polar surface area (TPSA) is 143 Å². The van der Waals surface area contributed by atoms with Gasteiger partial charge in [-0.15, -0.1) is 0 Å². The number of aryl methyl sites for hydroxylation is 2. The molecule has 0 saturated heterocycles. The van der Waals surface area contributed by atoms with Crippen LogP contribution < -0.4 is 0 Å². The van der Waals surface area contributed by atoms with E-state index in [0.717, 1.165) is 0 Å². The summed E-state index contributed by atoms with van der Waals surface area (Å²) in [6.45, 7) is 5.91. The van der Waals surface area contributed by atoms with Gasteiger partial charge in [0.2, 0.25) is 0 Å². The molecule has 2 aromatic rings. The summed E-state index contributed by atoms with van der Waals surface area (Å²) in [6, 6.07) is 0. The van der Waals surface area contributed by atoms with Crippen LogP contribution in [0.25, 0.3) is 0 Å². The van der Waals surface area contributed by atoms with Crippen LogP contribution in [-0.4, -0.2) is 61.0 Å². The first-order valence-electron chi connectivity index (χ1n) is 8.54. The lowest BCUT2D eigenvalue weighted by Gasteiger charge is -2.02. The van der Waals surface area contributed by atoms with Crippen LogP contribution in [0.3, 0.4) is 0 Å². The number of nitrogens with zero attached hydrogens (tertiary/aromatic N) is 4. The maximum absolute atomic E-state index is 11.4. The number of carbonyl (C=O) groups excluding carboxylic acids is 3. The minimum atomic E-state index is -1.18. The highest BCUT2D eigenvalue weighted by atomic mass is 35.5. The molecule has 0 unspecified atom stereocenters. The van der Waals surface area contributed by atoms with E-state index >= 15 is 0 Å². The van der Waals surface area contributed by atoms with Gasteiger partial charge in [0.05, 0.1) is 25.6 Å². The Hall–Kier alpha value is -3.21. The second kappa shape index (κ2) is 11.0. The zero-order chi connectivity index (χ0) is 22.1. The standard InChI is InChI=1S/C9H12N2O4.C8H9ClN2O3/c1-3-11-7(8(12)13)6(5-10-11)9(14)15-4-2;1-3-14-8(13)5-4-10-11(2)6(5)7(9)12/h5H,3-4H2,1-2H3,(H,12,13);4H,3H2,1-2H3. The van der Waals surface area contributed by atoms with Crippen molar-refractivity contribution in [3.05, 3.63) is 34.9 Å². The highest BCUT2D eigenvalue weighted by Gasteiger charge is 2.23. The highest BCUT2D eigenvalue weighted by Crippen LogP contribution is 2.12. The molecule has 0 atom stereocenters. The van der Waals surface area contributed by atoms with E-state index in [0.29, 0.717) is 6.54 Å². The van der Waals surface area contributed by atoms with Crippen LogP contribution in [0, 0.1) is 0 Å². The molecule has 29 heavy (non-hydrogen) atoms. The van der Waals surface area contributed by atoms with Crippen molar-refractivity contribution in [1.29, 1.82) is 0 Å². The number of ether oxygens (including phenoxy) is 2. The number of carboxylic acids is 1. The number of hydrogen-bond acceptors (Lipinski definition) is 8. The molecular weight excluding hydrogens is 408 g/mol. The SMILES string of the molecule is CCOC(=O)c1cnn(C)c1C(=O)Cl.CCOC(=O)c1cnn(CC)c1C(=O)O. The van der Waals surface area contributed by atoms with Crippen LogP contribution in [0.4, 0.5) is 0 Å². The third-order valence-electron chi connectivity index (χ3n) is 3.46. The summed E-state index contributed by atoms with van der Waals surface area (Å²) in [6.07, 6.45) is 2.47. The number of rotatable bonds is 7. The molecule has 1 N–H and O–H groups in total.